The van der Waals surface area contributed by atoms with Crippen LogP contribution in [0.5, 0.6) is 0 Å². The maximum absolute atomic E-state index is 13.7. The molecule has 1 saturated heterocycles. The van der Waals surface area contributed by atoms with Gasteiger partial charge in [-0.2, -0.15) is 0 Å². The minimum atomic E-state index is -0.772. The fraction of sp³-hybridized carbons (Fsp3) is 0.412. The van der Waals surface area contributed by atoms with Crippen molar-refractivity contribution in [1.29, 1.82) is 0 Å². The molecule has 5 nitrogen and oxygen atoms in total. The van der Waals surface area contributed by atoms with Crippen LogP contribution < -0.4 is 10.2 Å². The van der Waals surface area contributed by atoms with E-state index in [4.69, 9.17) is 0 Å². The van der Waals surface area contributed by atoms with E-state index in [2.05, 4.69) is 15.2 Å². The van der Waals surface area contributed by atoms with Gasteiger partial charge in [-0.1, -0.05) is 6.07 Å². The summed E-state index contributed by atoms with van der Waals surface area (Å²) >= 11 is 1.59. The lowest BCUT2D eigenvalue weighted by Crippen LogP contribution is -2.44. The molecule has 134 valence electrons. The van der Waals surface area contributed by atoms with Gasteiger partial charge in [0.25, 0.3) is 0 Å². The Balaban J connectivity index is 1.62. The van der Waals surface area contributed by atoms with Gasteiger partial charge in [-0.25, -0.2) is 13.8 Å². The summed E-state index contributed by atoms with van der Waals surface area (Å²) in [6.45, 7) is 4.83. The van der Waals surface area contributed by atoms with Crippen LogP contribution in [0.1, 0.15) is 13.3 Å². The zero-order valence-electron chi connectivity index (χ0n) is 13.9. The molecule has 8 heteroatoms. The maximum atomic E-state index is 13.7. The van der Waals surface area contributed by atoms with Gasteiger partial charge in [0.05, 0.1) is 6.04 Å². The lowest BCUT2D eigenvalue weighted by atomic mass is 10.2. The van der Waals surface area contributed by atoms with Gasteiger partial charge >= 0.3 is 0 Å². The van der Waals surface area contributed by atoms with Crippen LogP contribution in [0.15, 0.2) is 29.8 Å². The number of nitrogens with zero attached hydrogens (tertiary/aromatic N) is 3. The molecule has 25 heavy (non-hydrogen) atoms. The van der Waals surface area contributed by atoms with Crippen molar-refractivity contribution in [3.05, 3.63) is 41.4 Å². The largest absolute Gasteiger partial charge is 0.347 e. The zero-order chi connectivity index (χ0) is 17.8. The lowest BCUT2D eigenvalue weighted by Gasteiger charge is -2.27. The van der Waals surface area contributed by atoms with Crippen molar-refractivity contribution >= 4 is 28.1 Å². The SMILES string of the molecule is CC(C(=O)Nc1c(F)cccc1F)N1CCCN(c2nccs2)CC1. The van der Waals surface area contributed by atoms with Crippen LogP contribution in [-0.2, 0) is 4.79 Å². The summed E-state index contributed by atoms with van der Waals surface area (Å²) in [5, 5.41) is 5.30. The highest BCUT2D eigenvalue weighted by atomic mass is 32.1. The first kappa shape index (κ1) is 17.8. The second kappa shape index (κ2) is 7.88. The Morgan fingerprint density at radius 3 is 2.68 bits per heavy atom. The summed E-state index contributed by atoms with van der Waals surface area (Å²) in [6.07, 6.45) is 2.67. The van der Waals surface area contributed by atoms with Gasteiger partial charge in [-0.05, 0) is 25.5 Å². The molecule has 1 fully saturated rings. The molecule has 0 spiro atoms. The van der Waals surface area contributed by atoms with Gasteiger partial charge in [-0.15, -0.1) is 11.3 Å². The molecule has 1 aromatic carbocycles. The van der Waals surface area contributed by atoms with Crippen LogP contribution >= 0.6 is 11.3 Å². The molecule has 1 N–H and O–H groups in total. The first-order valence-electron chi connectivity index (χ1n) is 8.19. The van der Waals surface area contributed by atoms with Crippen LogP contribution in [0.4, 0.5) is 19.6 Å². The molecule has 1 unspecified atom stereocenters. The van der Waals surface area contributed by atoms with E-state index in [1.165, 1.54) is 6.07 Å². The molecule has 1 aromatic heterocycles. The van der Waals surface area contributed by atoms with E-state index in [1.807, 2.05) is 10.3 Å². The molecule has 2 aromatic rings. The Morgan fingerprint density at radius 2 is 2.00 bits per heavy atom. The number of hydrogen-bond acceptors (Lipinski definition) is 5. The standard InChI is InChI=1S/C17H20F2N4OS/c1-12(16(24)21-15-13(18)4-2-5-14(15)19)22-7-3-8-23(10-9-22)17-20-6-11-25-17/h2,4-6,11-12H,3,7-10H2,1H3,(H,21,24). The number of aromatic nitrogens is 1. The van der Waals surface area contributed by atoms with Gasteiger partial charge in [0, 0.05) is 37.8 Å². The Labute approximate surface area is 149 Å². The molecule has 0 aliphatic carbocycles. The van der Waals surface area contributed by atoms with Crippen molar-refractivity contribution in [3.63, 3.8) is 0 Å². The summed E-state index contributed by atoms with van der Waals surface area (Å²) in [7, 11) is 0. The number of para-hydroxylation sites is 1. The summed E-state index contributed by atoms with van der Waals surface area (Å²) in [4.78, 5) is 21.0. The number of nitrogens with one attached hydrogen (secondary N) is 1. The second-order valence-corrected chi connectivity index (χ2v) is 6.83. The van der Waals surface area contributed by atoms with Crippen LogP contribution in [0.2, 0.25) is 0 Å². The number of rotatable bonds is 4. The molecule has 0 radical (unpaired) electrons. The molecular formula is C17H20F2N4OS. The number of hydrogen-bond donors (Lipinski definition) is 1. The van der Waals surface area contributed by atoms with Gasteiger partial charge in [0.15, 0.2) is 5.13 Å². The molecule has 1 aliphatic rings. The van der Waals surface area contributed by atoms with Gasteiger partial charge in [-0.3, -0.25) is 9.69 Å². The van der Waals surface area contributed by atoms with Crippen molar-refractivity contribution in [2.45, 2.75) is 19.4 Å². The highest BCUT2D eigenvalue weighted by molar-refractivity contribution is 7.13. The van der Waals surface area contributed by atoms with E-state index in [1.54, 1.807) is 24.5 Å². The van der Waals surface area contributed by atoms with E-state index in [9.17, 15) is 13.6 Å². The first-order valence-corrected chi connectivity index (χ1v) is 9.07. The predicted molar refractivity (Wildman–Crippen MR) is 95.0 cm³/mol. The average Bonchev–Trinajstić information content (AvgIpc) is 3.02. The quantitative estimate of drug-likeness (QED) is 0.904. The van der Waals surface area contributed by atoms with Gasteiger partial charge in [0.2, 0.25) is 5.91 Å². The molecular weight excluding hydrogens is 346 g/mol. The minimum absolute atomic E-state index is 0.390. The number of thiazole rings is 1. The number of benzene rings is 1. The van der Waals surface area contributed by atoms with Crippen LogP contribution in [0, 0.1) is 11.6 Å². The zero-order valence-corrected chi connectivity index (χ0v) is 14.7. The van der Waals surface area contributed by atoms with Crippen molar-refractivity contribution < 1.29 is 13.6 Å². The highest BCUT2D eigenvalue weighted by Crippen LogP contribution is 2.21. The number of halogens is 2. The van der Waals surface area contributed by atoms with E-state index in [0.29, 0.717) is 6.54 Å². The predicted octanol–water partition coefficient (Wildman–Crippen LogP) is 2.96. The van der Waals surface area contributed by atoms with Crippen molar-refractivity contribution in [2.75, 3.05) is 36.4 Å². The molecule has 1 atom stereocenters. The number of amides is 1. The van der Waals surface area contributed by atoms with Crippen molar-refractivity contribution in [3.8, 4) is 0 Å². The van der Waals surface area contributed by atoms with Crippen LogP contribution in [0.3, 0.4) is 0 Å². The van der Waals surface area contributed by atoms with E-state index in [0.717, 1.165) is 43.3 Å². The first-order chi connectivity index (χ1) is 12.1. The minimum Gasteiger partial charge on any atom is -0.347 e. The Hall–Kier alpha value is -2.06. The monoisotopic (exact) mass is 366 g/mol. The molecule has 0 saturated carbocycles. The topological polar surface area (TPSA) is 48.5 Å². The van der Waals surface area contributed by atoms with Crippen LogP contribution in [0.25, 0.3) is 0 Å². The fourth-order valence-electron chi connectivity index (χ4n) is 2.90. The Kier molecular flexibility index (Phi) is 5.60. The summed E-state index contributed by atoms with van der Waals surface area (Å²) in [5.41, 5.74) is -0.390. The number of carbonyl (C=O) groups is 1. The normalized spacial score (nSPS) is 17.2. The van der Waals surface area contributed by atoms with Gasteiger partial charge in [0.1, 0.15) is 17.3 Å². The summed E-state index contributed by atoms with van der Waals surface area (Å²) in [6, 6.07) is 3.05. The molecule has 1 amide bonds. The number of carbonyl (C=O) groups excluding carboxylic acids is 1. The van der Waals surface area contributed by atoms with Gasteiger partial charge < -0.3 is 10.2 Å². The molecule has 2 heterocycles. The second-order valence-electron chi connectivity index (χ2n) is 5.95. The van der Waals surface area contributed by atoms with E-state index < -0.39 is 29.3 Å². The number of anilines is 2. The Morgan fingerprint density at radius 1 is 1.24 bits per heavy atom. The highest BCUT2D eigenvalue weighted by Gasteiger charge is 2.26. The van der Waals surface area contributed by atoms with Crippen molar-refractivity contribution in [2.24, 2.45) is 0 Å². The third kappa shape index (κ3) is 4.13. The summed E-state index contributed by atoms with van der Waals surface area (Å²) in [5.74, 6) is -1.95. The lowest BCUT2D eigenvalue weighted by molar-refractivity contribution is -0.120. The van der Waals surface area contributed by atoms with E-state index >= 15 is 0 Å². The van der Waals surface area contributed by atoms with Crippen molar-refractivity contribution in [1.82, 2.24) is 9.88 Å². The molecule has 1 aliphatic heterocycles. The third-order valence-corrected chi connectivity index (χ3v) is 5.19. The Bertz CT molecular complexity index is 705. The smallest absolute Gasteiger partial charge is 0.241 e. The van der Waals surface area contributed by atoms with Crippen LogP contribution in [-0.4, -0.2) is 48.0 Å². The molecule has 0 bridgehead atoms. The maximum Gasteiger partial charge on any atom is 0.241 e. The fourth-order valence-corrected chi connectivity index (χ4v) is 3.60. The summed E-state index contributed by atoms with van der Waals surface area (Å²) < 4.78 is 27.4. The molecule has 3 rings (SSSR count). The third-order valence-electron chi connectivity index (χ3n) is 4.36. The van der Waals surface area contributed by atoms with E-state index in [-0.39, 0.29) is 0 Å². The average molecular weight is 366 g/mol.